The van der Waals surface area contributed by atoms with Gasteiger partial charge in [-0.15, -0.1) is 5.10 Å². The molecule has 0 amide bonds. The number of hydrogen-bond acceptors (Lipinski definition) is 5. The first-order valence-electron chi connectivity index (χ1n) is 6.98. The van der Waals surface area contributed by atoms with Gasteiger partial charge in [0.05, 0.1) is 0 Å². The number of aryl methyl sites for hydroxylation is 1. The van der Waals surface area contributed by atoms with E-state index in [0.29, 0.717) is 16.8 Å². The van der Waals surface area contributed by atoms with Gasteiger partial charge in [0.1, 0.15) is 5.82 Å². The lowest BCUT2D eigenvalue weighted by molar-refractivity contribution is -0.144. The third kappa shape index (κ3) is 2.99. The largest absolute Gasteiger partial charge is 0.453 e. The van der Waals surface area contributed by atoms with Crippen molar-refractivity contribution in [3.05, 3.63) is 17.6 Å². The van der Waals surface area contributed by atoms with Gasteiger partial charge in [-0.2, -0.15) is 34.4 Å². The van der Waals surface area contributed by atoms with Crippen molar-refractivity contribution < 1.29 is 13.2 Å². The van der Waals surface area contributed by atoms with Crippen LogP contribution < -0.4 is 5.32 Å². The summed E-state index contributed by atoms with van der Waals surface area (Å²) in [5, 5.41) is 7.45. The second-order valence-electron chi connectivity index (χ2n) is 5.44. The molecule has 1 aliphatic rings. The average molecular weight is 331 g/mol. The Bertz CT molecular complexity index is 684. The van der Waals surface area contributed by atoms with Crippen LogP contribution in [0.2, 0.25) is 0 Å². The first kappa shape index (κ1) is 15.4. The zero-order valence-electron chi connectivity index (χ0n) is 12.2. The molecule has 5 nitrogen and oxygen atoms in total. The number of nitrogens with one attached hydrogen (secondary N) is 1. The minimum atomic E-state index is -4.57. The van der Waals surface area contributed by atoms with Gasteiger partial charge in [-0.05, 0) is 32.4 Å². The molecule has 2 aromatic rings. The summed E-state index contributed by atoms with van der Waals surface area (Å²) in [5.41, 5.74) is 0.607. The highest BCUT2D eigenvalue weighted by Crippen LogP contribution is 2.31. The van der Waals surface area contributed by atoms with Crippen LogP contribution in [0.3, 0.4) is 0 Å². The van der Waals surface area contributed by atoms with Crippen LogP contribution >= 0.6 is 11.8 Å². The molecule has 2 heterocycles. The fourth-order valence-electron chi connectivity index (χ4n) is 2.70. The molecule has 0 bridgehead atoms. The third-order valence-corrected chi connectivity index (χ3v) is 4.86. The van der Waals surface area contributed by atoms with Crippen LogP contribution in [0, 0.1) is 6.92 Å². The van der Waals surface area contributed by atoms with E-state index < -0.39 is 12.0 Å². The number of hydrogen-bond donors (Lipinski definition) is 1. The monoisotopic (exact) mass is 331 g/mol. The fraction of sp³-hybridized carbons (Fsp3) is 0.615. The number of nitrogens with zero attached hydrogens (tertiary/aromatic N) is 4. The Labute approximate surface area is 129 Å². The second kappa shape index (κ2) is 5.60. The number of rotatable bonds is 3. The predicted molar refractivity (Wildman–Crippen MR) is 79.1 cm³/mol. The second-order valence-corrected chi connectivity index (χ2v) is 6.58. The molecule has 0 radical (unpaired) electrons. The quantitative estimate of drug-likeness (QED) is 0.936. The molecule has 0 spiro atoms. The number of halogens is 3. The van der Waals surface area contributed by atoms with Crippen molar-refractivity contribution in [2.75, 3.05) is 11.6 Å². The number of thioether (sulfide) groups is 1. The Hall–Kier alpha value is -1.51. The van der Waals surface area contributed by atoms with Crippen molar-refractivity contribution in [2.45, 2.75) is 43.7 Å². The van der Waals surface area contributed by atoms with Crippen molar-refractivity contribution >= 4 is 23.4 Å². The van der Waals surface area contributed by atoms with Gasteiger partial charge in [-0.25, -0.2) is 4.98 Å². The van der Waals surface area contributed by atoms with Gasteiger partial charge < -0.3 is 5.32 Å². The molecule has 1 N–H and O–H groups in total. The van der Waals surface area contributed by atoms with Crippen LogP contribution in [0.25, 0.3) is 5.78 Å². The molecule has 0 saturated heterocycles. The Morgan fingerprint density at radius 1 is 1.32 bits per heavy atom. The summed E-state index contributed by atoms with van der Waals surface area (Å²) >= 11 is 1.83. The standard InChI is InChI=1S/C13H16F3N5S/c1-7-5-10(18-8-3-4-9(6-8)22-2)21-12(17-7)19-11(20-21)13(14,15)16/h5,8-9,18H,3-4,6H2,1-2H3/t8-,9+/m0/s1. The zero-order chi connectivity index (χ0) is 15.9. The fourth-order valence-corrected chi connectivity index (χ4v) is 3.50. The molecular weight excluding hydrogens is 315 g/mol. The topological polar surface area (TPSA) is 55.1 Å². The van der Waals surface area contributed by atoms with E-state index in [1.165, 1.54) is 0 Å². The smallest absolute Gasteiger partial charge is 0.367 e. The minimum absolute atomic E-state index is 0.0331. The molecule has 2 aromatic heterocycles. The molecule has 1 aliphatic carbocycles. The lowest BCUT2D eigenvalue weighted by Crippen LogP contribution is -2.19. The van der Waals surface area contributed by atoms with Gasteiger partial charge in [0.2, 0.25) is 0 Å². The predicted octanol–water partition coefficient (Wildman–Crippen LogP) is 3.15. The number of alkyl halides is 3. The maximum atomic E-state index is 12.8. The van der Waals surface area contributed by atoms with Crippen LogP contribution in [-0.2, 0) is 6.18 Å². The Morgan fingerprint density at radius 2 is 2.09 bits per heavy atom. The summed E-state index contributed by atoms with van der Waals surface area (Å²) < 4.78 is 39.5. The Kier molecular flexibility index (Phi) is 3.92. The van der Waals surface area contributed by atoms with Crippen molar-refractivity contribution in [3.8, 4) is 0 Å². The normalized spacial score (nSPS) is 22.4. The number of anilines is 1. The highest BCUT2D eigenvalue weighted by atomic mass is 32.2. The molecule has 2 atom stereocenters. The third-order valence-electron chi connectivity index (χ3n) is 3.76. The van der Waals surface area contributed by atoms with Gasteiger partial charge in [-0.3, -0.25) is 0 Å². The van der Waals surface area contributed by atoms with Gasteiger partial charge in [0.25, 0.3) is 11.6 Å². The Balaban J connectivity index is 1.93. The zero-order valence-corrected chi connectivity index (χ0v) is 13.0. The SMILES string of the molecule is CS[C@@H]1CC[C@H](Nc2cc(C)nc3nc(C(F)(F)F)nn23)C1. The van der Waals surface area contributed by atoms with E-state index in [1.807, 2.05) is 11.8 Å². The summed E-state index contributed by atoms with van der Waals surface area (Å²) in [6.07, 6.45) is 0.599. The number of fused-ring (bicyclic) bond motifs is 1. The van der Waals surface area contributed by atoms with E-state index in [0.717, 1.165) is 23.8 Å². The average Bonchev–Trinajstić information content (AvgIpc) is 3.04. The summed E-state index contributed by atoms with van der Waals surface area (Å²) in [7, 11) is 0. The van der Waals surface area contributed by atoms with E-state index in [9.17, 15) is 13.2 Å². The molecule has 1 fully saturated rings. The van der Waals surface area contributed by atoms with Crippen molar-refractivity contribution in [1.29, 1.82) is 0 Å². The van der Waals surface area contributed by atoms with Crippen molar-refractivity contribution in [2.24, 2.45) is 0 Å². The van der Waals surface area contributed by atoms with Crippen LogP contribution in [0.5, 0.6) is 0 Å². The maximum absolute atomic E-state index is 12.8. The van der Waals surface area contributed by atoms with Crippen LogP contribution in [0.1, 0.15) is 30.8 Å². The summed E-state index contributed by atoms with van der Waals surface area (Å²) in [5.74, 6) is -0.687. The minimum Gasteiger partial charge on any atom is -0.367 e. The molecule has 0 unspecified atom stereocenters. The van der Waals surface area contributed by atoms with E-state index in [4.69, 9.17) is 0 Å². The van der Waals surface area contributed by atoms with E-state index in [2.05, 4.69) is 26.6 Å². The summed E-state index contributed by atoms with van der Waals surface area (Å²) in [4.78, 5) is 7.50. The van der Waals surface area contributed by atoms with Crippen molar-refractivity contribution in [1.82, 2.24) is 19.6 Å². The first-order chi connectivity index (χ1) is 10.4. The summed E-state index contributed by atoms with van der Waals surface area (Å²) in [6, 6.07) is 1.94. The highest BCUT2D eigenvalue weighted by Gasteiger charge is 2.37. The molecule has 0 aromatic carbocycles. The molecule has 22 heavy (non-hydrogen) atoms. The van der Waals surface area contributed by atoms with Crippen molar-refractivity contribution in [3.63, 3.8) is 0 Å². The van der Waals surface area contributed by atoms with Crippen LogP contribution in [-0.4, -0.2) is 37.1 Å². The highest BCUT2D eigenvalue weighted by molar-refractivity contribution is 7.99. The first-order valence-corrected chi connectivity index (χ1v) is 8.26. The molecular formula is C13H16F3N5S. The lowest BCUT2D eigenvalue weighted by atomic mass is 10.2. The van der Waals surface area contributed by atoms with Crippen LogP contribution in [0.4, 0.5) is 19.0 Å². The lowest BCUT2D eigenvalue weighted by Gasteiger charge is -2.15. The molecule has 1 saturated carbocycles. The molecule has 120 valence electrons. The number of aromatic nitrogens is 4. The maximum Gasteiger partial charge on any atom is 0.453 e. The van der Waals surface area contributed by atoms with Gasteiger partial charge in [0.15, 0.2) is 0 Å². The van der Waals surface area contributed by atoms with Gasteiger partial charge in [-0.1, -0.05) is 0 Å². The van der Waals surface area contributed by atoms with E-state index in [1.54, 1.807) is 13.0 Å². The molecule has 9 heteroatoms. The van der Waals surface area contributed by atoms with Crippen LogP contribution in [0.15, 0.2) is 6.07 Å². The Morgan fingerprint density at radius 3 is 2.73 bits per heavy atom. The van der Waals surface area contributed by atoms with Gasteiger partial charge in [0, 0.05) is 23.1 Å². The summed E-state index contributed by atoms with van der Waals surface area (Å²) in [6.45, 7) is 1.73. The van der Waals surface area contributed by atoms with E-state index in [-0.39, 0.29) is 11.8 Å². The molecule has 3 rings (SSSR count). The van der Waals surface area contributed by atoms with E-state index >= 15 is 0 Å². The van der Waals surface area contributed by atoms with Gasteiger partial charge >= 0.3 is 6.18 Å². The molecule has 0 aliphatic heterocycles.